The van der Waals surface area contributed by atoms with E-state index in [-0.39, 0.29) is 11.9 Å². The molecule has 0 aliphatic carbocycles. The summed E-state index contributed by atoms with van der Waals surface area (Å²) in [5.74, 6) is 0.220. The van der Waals surface area contributed by atoms with E-state index in [1.54, 1.807) is 0 Å². The maximum absolute atomic E-state index is 12.8. The first-order valence-electron chi connectivity index (χ1n) is 8.91. The van der Waals surface area contributed by atoms with Gasteiger partial charge in [-0.3, -0.25) is 14.6 Å². The summed E-state index contributed by atoms with van der Waals surface area (Å²) in [5.41, 5.74) is 4.05. The number of hydrogen-bond acceptors (Lipinski definition) is 4. The lowest BCUT2D eigenvalue weighted by Crippen LogP contribution is -2.53. The fourth-order valence-corrected chi connectivity index (χ4v) is 3.75. The second kappa shape index (κ2) is 7.21. The summed E-state index contributed by atoms with van der Waals surface area (Å²) >= 11 is 0. The third-order valence-corrected chi connectivity index (χ3v) is 5.39. The molecular weight excluding hydrogens is 300 g/mol. The monoisotopic (exact) mass is 330 g/mol. The zero-order chi connectivity index (χ0) is 17.3. The number of piperazine rings is 1. The van der Waals surface area contributed by atoms with E-state index in [0.717, 1.165) is 39.3 Å². The van der Waals surface area contributed by atoms with Gasteiger partial charge in [-0.1, -0.05) is 18.2 Å². The van der Waals surface area contributed by atoms with E-state index in [1.165, 1.54) is 16.7 Å². The van der Waals surface area contributed by atoms with Crippen molar-refractivity contribution in [1.29, 1.82) is 0 Å². The van der Waals surface area contributed by atoms with Crippen molar-refractivity contribution in [3.8, 4) is 0 Å². The number of carbonyl (C=O) groups excluding carboxylic acids is 1. The molecule has 1 fully saturated rings. The van der Waals surface area contributed by atoms with Gasteiger partial charge in [-0.15, -0.1) is 0 Å². The smallest absolute Gasteiger partial charge is 0.239 e. The Balaban J connectivity index is 1.59. The first-order valence-corrected chi connectivity index (χ1v) is 8.91. The second-order valence-corrected chi connectivity index (χ2v) is 7.48. The topological polar surface area (TPSA) is 30.0 Å². The maximum Gasteiger partial charge on any atom is 0.239 e. The van der Waals surface area contributed by atoms with Crippen molar-refractivity contribution in [2.75, 3.05) is 47.3 Å². The van der Waals surface area contributed by atoms with Crippen molar-refractivity contribution in [3.05, 3.63) is 34.9 Å². The molecule has 0 unspecified atom stereocenters. The Hall–Kier alpha value is -1.43. The van der Waals surface area contributed by atoms with Gasteiger partial charge in [-0.05, 0) is 37.7 Å². The summed E-state index contributed by atoms with van der Waals surface area (Å²) in [7, 11) is 6.21. The molecule has 1 atom stereocenters. The molecule has 5 nitrogen and oxygen atoms in total. The summed E-state index contributed by atoms with van der Waals surface area (Å²) in [6, 6.07) is 6.62. The lowest BCUT2D eigenvalue weighted by Gasteiger charge is -2.37. The normalized spacial score (nSPS) is 20.8. The first kappa shape index (κ1) is 17.4. The highest BCUT2D eigenvalue weighted by atomic mass is 16.2. The van der Waals surface area contributed by atoms with Crippen LogP contribution in [-0.4, -0.2) is 78.9 Å². The summed E-state index contributed by atoms with van der Waals surface area (Å²) in [4.78, 5) is 21.6. The van der Waals surface area contributed by atoms with Crippen LogP contribution in [-0.2, 0) is 24.4 Å². The van der Waals surface area contributed by atoms with E-state index in [4.69, 9.17) is 0 Å². The predicted molar refractivity (Wildman–Crippen MR) is 96.6 cm³/mol. The average molecular weight is 330 g/mol. The lowest BCUT2D eigenvalue weighted by atomic mass is 10.1. The van der Waals surface area contributed by atoms with Crippen LogP contribution in [0.4, 0.5) is 0 Å². The molecule has 24 heavy (non-hydrogen) atoms. The standard InChI is InChI=1S/C19H30N4O/c1-15(23-9-7-20(2)8-10-23)19(24)22(4)12-16-5-6-17-13-21(3)14-18(17)11-16/h5-6,11,15H,7-10,12-14H2,1-4H3/t15-/m0/s1. The first-order chi connectivity index (χ1) is 11.4. The van der Waals surface area contributed by atoms with Crippen molar-refractivity contribution < 1.29 is 4.79 Å². The molecule has 1 saturated heterocycles. The Kier molecular flexibility index (Phi) is 5.23. The number of rotatable bonds is 4. The summed E-state index contributed by atoms with van der Waals surface area (Å²) in [6.45, 7) is 8.81. The maximum atomic E-state index is 12.8. The summed E-state index contributed by atoms with van der Waals surface area (Å²) < 4.78 is 0. The number of nitrogens with zero attached hydrogens (tertiary/aromatic N) is 4. The molecule has 0 aromatic heterocycles. The Bertz CT molecular complexity index is 595. The summed E-state index contributed by atoms with van der Waals surface area (Å²) in [6.07, 6.45) is 0. The number of likely N-dealkylation sites (N-methyl/N-ethyl adjacent to an activating group) is 2. The van der Waals surface area contributed by atoms with E-state index >= 15 is 0 Å². The van der Waals surface area contributed by atoms with Gasteiger partial charge in [0.25, 0.3) is 0 Å². The van der Waals surface area contributed by atoms with Crippen LogP contribution in [0, 0.1) is 0 Å². The number of amides is 1. The molecule has 2 aliphatic rings. The average Bonchev–Trinajstić information content (AvgIpc) is 2.93. The van der Waals surface area contributed by atoms with E-state index in [2.05, 4.69) is 47.0 Å². The molecule has 1 aromatic rings. The molecule has 0 saturated carbocycles. The third kappa shape index (κ3) is 3.79. The Morgan fingerprint density at radius 2 is 1.75 bits per heavy atom. The number of carbonyl (C=O) groups is 1. The van der Waals surface area contributed by atoms with Crippen LogP contribution in [0.15, 0.2) is 18.2 Å². The van der Waals surface area contributed by atoms with Crippen molar-refractivity contribution in [2.24, 2.45) is 0 Å². The quantitative estimate of drug-likeness (QED) is 0.831. The van der Waals surface area contributed by atoms with Gasteiger partial charge in [0.1, 0.15) is 0 Å². The summed E-state index contributed by atoms with van der Waals surface area (Å²) in [5, 5.41) is 0. The zero-order valence-electron chi connectivity index (χ0n) is 15.5. The van der Waals surface area contributed by atoms with Gasteiger partial charge in [0.2, 0.25) is 5.91 Å². The van der Waals surface area contributed by atoms with Crippen LogP contribution in [0.1, 0.15) is 23.6 Å². The molecule has 0 bridgehead atoms. The Labute approximate surface area is 145 Å². The van der Waals surface area contributed by atoms with Crippen LogP contribution >= 0.6 is 0 Å². The van der Waals surface area contributed by atoms with Crippen LogP contribution in [0.2, 0.25) is 0 Å². The minimum Gasteiger partial charge on any atom is -0.340 e. The number of hydrogen-bond donors (Lipinski definition) is 0. The molecule has 1 aromatic carbocycles. The minimum absolute atomic E-state index is 0.0377. The largest absolute Gasteiger partial charge is 0.340 e. The molecule has 0 N–H and O–H groups in total. The van der Waals surface area contributed by atoms with Gasteiger partial charge in [-0.2, -0.15) is 0 Å². The van der Waals surface area contributed by atoms with Gasteiger partial charge >= 0.3 is 0 Å². The van der Waals surface area contributed by atoms with Crippen LogP contribution < -0.4 is 0 Å². The van der Waals surface area contributed by atoms with Gasteiger partial charge in [0.05, 0.1) is 6.04 Å². The molecule has 3 rings (SSSR count). The molecule has 0 radical (unpaired) electrons. The van der Waals surface area contributed by atoms with Gasteiger partial charge in [0.15, 0.2) is 0 Å². The van der Waals surface area contributed by atoms with Crippen LogP contribution in [0.5, 0.6) is 0 Å². The van der Waals surface area contributed by atoms with Crippen molar-refractivity contribution >= 4 is 5.91 Å². The Morgan fingerprint density at radius 3 is 2.46 bits per heavy atom. The predicted octanol–water partition coefficient (Wildman–Crippen LogP) is 1.23. The van der Waals surface area contributed by atoms with Gasteiger partial charge in [0, 0.05) is 52.9 Å². The highest BCUT2D eigenvalue weighted by Gasteiger charge is 2.26. The fourth-order valence-electron chi connectivity index (χ4n) is 3.75. The Morgan fingerprint density at radius 1 is 1.08 bits per heavy atom. The SMILES string of the molecule is C[C@@H](C(=O)N(C)Cc1ccc2c(c1)CN(C)C2)N1CCN(C)CC1. The van der Waals surface area contributed by atoms with E-state index in [0.29, 0.717) is 6.54 Å². The van der Waals surface area contributed by atoms with Crippen LogP contribution in [0.25, 0.3) is 0 Å². The van der Waals surface area contributed by atoms with Gasteiger partial charge in [-0.25, -0.2) is 0 Å². The van der Waals surface area contributed by atoms with Crippen molar-refractivity contribution in [1.82, 2.24) is 19.6 Å². The molecule has 2 heterocycles. The highest BCUT2D eigenvalue weighted by Crippen LogP contribution is 2.23. The van der Waals surface area contributed by atoms with Crippen molar-refractivity contribution in [2.45, 2.75) is 32.6 Å². The lowest BCUT2D eigenvalue weighted by molar-refractivity contribution is -0.136. The second-order valence-electron chi connectivity index (χ2n) is 7.48. The molecule has 2 aliphatic heterocycles. The van der Waals surface area contributed by atoms with Crippen molar-refractivity contribution in [3.63, 3.8) is 0 Å². The zero-order valence-corrected chi connectivity index (χ0v) is 15.5. The molecule has 132 valence electrons. The van der Waals surface area contributed by atoms with E-state index < -0.39 is 0 Å². The van der Waals surface area contributed by atoms with E-state index in [9.17, 15) is 4.79 Å². The van der Waals surface area contributed by atoms with Gasteiger partial charge < -0.3 is 9.80 Å². The van der Waals surface area contributed by atoms with E-state index in [1.807, 2.05) is 18.9 Å². The molecular formula is C19H30N4O. The molecule has 5 heteroatoms. The number of fused-ring (bicyclic) bond motifs is 1. The fraction of sp³-hybridized carbons (Fsp3) is 0.632. The van der Waals surface area contributed by atoms with Crippen LogP contribution in [0.3, 0.4) is 0 Å². The third-order valence-electron chi connectivity index (χ3n) is 5.39. The highest BCUT2D eigenvalue weighted by molar-refractivity contribution is 5.81. The molecule has 0 spiro atoms. The number of benzene rings is 1. The minimum atomic E-state index is -0.0377. The molecule has 1 amide bonds.